The summed E-state index contributed by atoms with van der Waals surface area (Å²) in [5.74, 6) is 1.82. The molecule has 6 heteroatoms. The van der Waals surface area contributed by atoms with Crippen LogP contribution in [-0.4, -0.2) is 12.2 Å². The van der Waals surface area contributed by atoms with Crippen molar-refractivity contribution in [3.63, 3.8) is 0 Å². The van der Waals surface area contributed by atoms with Crippen molar-refractivity contribution in [2.45, 2.75) is 43.7 Å². The monoisotopic (exact) mass is 300 g/mol. The summed E-state index contributed by atoms with van der Waals surface area (Å²) in [4.78, 5) is 0. The number of benzene rings is 1. The molecule has 1 spiro atoms. The molecule has 3 rings (SSSR count). The quantitative estimate of drug-likeness (QED) is 0.512. The molecule has 2 atom stereocenters. The first kappa shape index (κ1) is 14.8. The average Bonchev–Trinajstić information content (AvgIpc) is 2.46. The Labute approximate surface area is 121 Å². The summed E-state index contributed by atoms with van der Waals surface area (Å²) in [6, 6.07) is 1.67. The van der Waals surface area contributed by atoms with Gasteiger partial charge in [-0.1, -0.05) is 6.07 Å². The lowest BCUT2D eigenvalue weighted by molar-refractivity contribution is -0.147. The topological polar surface area (TPSA) is 47.3 Å². The normalized spacial score (nSPS) is 25.6. The third kappa shape index (κ3) is 2.56. The van der Waals surface area contributed by atoms with Gasteiger partial charge in [0, 0.05) is 12.2 Å². The Hall–Kier alpha value is -1.11. The average molecular weight is 300 g/mol. The minimum absolute atomic E-state index is 0.0448. The predicted octanol–water partition coefficient (Wildman–Crippen LogP) is 2.96. The summed E-state index contributed by atoms with van der Waals surface area (Å²) in [5, 5.41) is 0. The van der Waals surface area contributed by atoms with Crippen LogP contribution in [0.2, 0.25) is 0 Å². The van der Waals surface area contributed by atoms with Crippen molar-refractivity contribution in [1.29, 1.82) is 0 Å². The highest BCUT2D eigenvalue weighted by Crippen LogP contribution is 2.47. The highest BCUT2D eigenvalue weighted by Gasteiger charge is 2.44. The largest absolute Gasteiger partial charge is 0.375 e. The van der Waals surface area contributed by atoms with Crippen molar-refractivity contribution in [2.24, 2.45) is 11.8 Å². The van der Waals surface area contributed by atoms with Gasteiger partial charge in [-0.15, -0.1) is 0 Å². The molecule has 1 saturated carbocycles. The van der Waals surface area contributed by atoms with Crippen LogP contribution in [0.25, 0.3) is 0 Å². The van der Waals surface area contributed by atoms with Crippen LogP contribution >= 0.6 is 0 Å². The summed E-state index contributed by atoms with van der Waals surface area (Å²) >= 11 is 0. The van der Waals surface area contributed by atoms with E-state index >= 15 is 0 Å². The number of halogens is 3. The fourth-order valence-electron chi connectivity index (χ4n) is 3.53. The van der Waals surface area contributed by atoms with Gasteiger partial charge in [0.25, 0.3) is 0 Å². The zero-order valence-electron chi connectivity index (χ0n) is 11.7. The summed E-state index contributed by atoms with van der Waals surface area (Å²) in [5.41, 5.74) is 2.54. The first-order valence-electron chi connectivity index (χ1n) is 7.30. The van der Waals surface area contributed by atoms with E-state index in [4.69, 9.17) is 10.6 Å². The van der Waals surface area contributed by atoms with Crippen molar-refractivity contribution in [3.8, 4) is 0 Å². The fourth-order valence-corrected chi connectivity index (χ4v) is 3.53. The van der Waals surface area contributed by atoms with Gasteiger partial charge < -0.3 is 4.74 Å². The molecule has 21 heavy (non-hydrogen) atoms. The van der Waals surface area contributed by atoms with Gasteiger partial charge in [-0.3, -0.25) is 11.3 Å². The highest BCUT2D eigenvalue weighted by molar-refractivity contribution is 5.24. The van der Waals surface area contributed by atoms with Crippen molar-refractivity contribution >= 4 is 0 Å². The molecule has 0 amide bonds. The maximum Gasteiger partial charge on any atom is 0.194 e. The van der Waals surface area contributed by atoms with E-state index in [2.05, 4.69) is 5.43 Å². The van der Waals surface area contributed by atoms with Gasteiger partial charge >= 0.3 is 0 Å². The molecule has 0 bridgehead atoms. The van der Waals surface area contributed by atoms with Crippen LogP contribution in [-0.2, 0) is 4.74 Å². The minimum Gasteiger partial charge on any atom is -0.375 e. The molecule has 1 saturated heterocycles. The zero-order chi connectivity index (χ0) is 15.0. The number of ether oxygens (including phenoxy) is 1. The van der Waals surface area contributed by atoms with E-state index in [1.165, 1.54) is 6.07 Å². The Kier molecular flexibility index (Phi) is 3.94. The first-order valence-corrected chi connectivity index (χ1v) is 7.30. The molecule has 3 nitrogen and oxygen atoms in total. The van der Waals surface area contributed by atoms with Gasteiger partial charge in [0.2, 0.25) is 0 Å². The van der Waals surface area contributed by atoms with E-state index in [0.717, 1.165) is 38.2 Å². The lowest BCUT2D eigenvalue weighted by Gasteiger charge is -2.48. The van der Waals surface area contributed by atoms with E-state index in [0.29, 0.717) is 6.61 Å². The number of nitrogens with two attached hydrogens (primary N) is 1. The third-order valence-electron chi connectivity index (χ3n) is 4.85. The van der Waals surface area contributed by atoms with E-state index in [-0.39, 0.29) is 17.1 Å². The minimum atomic E-state index is -1.45. The molecule has 0 radical (unpaired) electrons. The molecule has 1 heterocycles. The number of hydrazine groups is 1. The van der Waals surface area contributed by atoms with Gasteiger partial charge in [0.1, 0.15) is 0 Å². The summed E-state index contributed by atoms with van der Waals surface area (Å²) in [6.45, 7) is 0.591. The van der Waals surface area contributed by atoms with E-state index in [9.17, 15) is 13.2 Å². The van der Waals surface area contributed by atoms with Crippen LogP contribution in [0.5, 0.6) is 0 Å². The molecule has 1 aromatic carbocycles. The van der Waals surface area contributed by atoms with Crippen LogP contribution in [0.4, 0.5) is 13.2 Å². The van der Waals surface area contributed by atoms with Gasteiger partial charge in [-0.25, -0.2) is 13.2 Å². The second-order valence-corrected chi connectivity index (χ2v) is 6.05. The van der Waals surface area contributed by atoms with Crippen molar-refractivity contribution in [3.05, 3.63) is 35.1 Å². The van der Waals surface area contributed by atoms with Gasteiger partial charge in [-0.2, -0.15) is 0 Å². The van der Waals surface area contributed by atoms with Crippen LogP contribution in [0.3, 0.4) is 0 Å². The number of nitrogens with one attached hydrogen (secondary N) is 1. The number of hydrogen-bond acceptors (Lipinski definition) is 3. The molecule has 1 aromatic rings. The highest BCUT2D eigenvalue weighted by atomic mass is 19.2. The molecule has 2 aliphatic rings. The Morgan fingerprint density at radius 1 is 1.24 bits per heavy atom. The van der Waals surface area contributed by atoms with Gasteiger partial charge in [-0.05, 0) is 44.1 Å². The summed E-state index contributed by atoms with van der Waals surface area (Å²) in [6.07, 6.45) is 4.62. The van der Waals surface area contributed by atoms with Crippen LogP contribution in [0.15, 0.2) is 12.1 Å². The molecule has 116 valence electrons. The molecular weight excluding hydrogens is 281 g/mol. The molecule has 3 N–H and O–H groups in total. The molecular formula is C15H19F3N2O. The van der Waals surface area contributed by atoms with E-state index < -0.39 is 23.5 Å². The van der Waals surface area contributed by atoms with Crippen LogP contribution in [0, 0.1) is 23.4 Å². The maximum absolute atomic E-state index is 14.0. The van der Waals surface area contributed by atoms with Gasteiger partial charge in [0.05, 0.1) is 11.6 Å². The molecule has 1 aliphatic heterocycles. The van der Waals surface area contributed by atoms with Crippen LogP contribution < -0.4 is 11.3 Å². The second-order valence-electron chi connectivity index (χ2n) is 6.05. The number of hydrogen-bond donors (Lipinski definition) is 2. The Morgan fingerprint density at radius 3 is 2.62 bits per heavy atom. The Balaban J connectivity index is 1.86. The van der Waals surface area contributed by atoms with Crippen LogP contribution in [0.1, 0.15) is 43.7 Å². The van der Waals surface area contributed by atoms with E-state index in [1.807, 2.05) is 0 Å². The standard InChI is InChI=1S/C15H19F3N2O/c16-11-3-2-10(12(17)13(11)18)14(20-19)9-4-7-21-15(8-9)5-1-6-15/h2-3,9,14,20H,1,4-8,19H2. The SMILES string of the molecule is NNC(c1ccc(F)c(F)c1F)C1CCOC2(CCC2)C1. The van der Waals surface area contributed by atoms with Gasteiger partial charge in [0.15, 0.2) is 17.5 Å². The van der Waals surface area contributed by atoms with Crippen molar-refractivity contribution in [2.75, 3.05) is 6.61 Å². The maximum atomic E-state index is 14.0. The molecule has 2 unspecified atom stereocenters. The third-order valence-corrected chi connectivity index (χ3v) is 4.85. The summed E-state index contributed by atoms with van der Waals surface area (Å²) < 4.78 is 46.4. The lowest BCUT2D eigenvalue weighted by atomic mass is 9.69. The first-order chi connectivity index (χ1) is 10.1. The molecule has 1 aliphatic carbocycles. The number of rotatable bonds is 3. The Bertz CT molecular complexity index is 534. The molecule has 2 fully saturated rings. The second kappa shape index (κ2) is 5.59. The molecule has 0 aromatic heterocycles. The smallest absolute Gasteiger partial charge is 0.194 e. The van der Waals surface area contributed by atoms with E-state index in [1.54, 1.807) is 0 Å². The Morgan fingerprint density at radius 2 is 2.00 bits per heavy atom. The zero-order valence-corrected chi connectivity index (χ0v) is 11.7. The van der Waals surface area contributed by atoms with Crippen molar-refractivity contribution < 1.29 is 17.9 Å². The van der Waals surface area contributed by atoms with Crippen molar-refractivity contribution in [1.82, 2.24) is 5.43 Å². The summed E-state index contributed by atoms with van der Waals surface area (Å²) in [7, 11) is 0. The lowest BCUT2D eigenvalue weighted by Crippen LogP contribution is -2.48. The fraction of sp³-hybridized carbons (Fsp3) is 0.600. The predicted molar refractivity (Wildman–Crippen MR) is 71.6 cm³/mol.